The number of nitrogens with one attached hydrogen (secondary N) is 1. The number of carbonyl (C=O) groups is 1. The van der Waals surface area contributed by atoms with E-state index in [0.29, 0.717) is 30.6 Å². The first-order valence-corrected chi connectivity index (χ1v) is 8.55. The molecule has 1 N–H and O–H groups in total. The number of aromatic nitrogens is 1. The highest BCUT2D eigenvalue weighted by Gasteiger charge is 2.25. The highest BCUT2D eigenvalue weighted by molar-refractivity contribution is 6.31. The molecule has 132 valence electrons. The molecular formula is C18H19ClFN3O2. The van der Waals surface area contributed by atoms with Crippen LogP contribution in [0, 0.1) is 11.7 Å². The standard InChI is InChI=1S/C18H19ClFN3O2/c19-14-6-3-9-21-17(14)25-12-13-5-4-10-23(11-13)18(24)22-16-8-2-1-7-15(16)20/h1-3,6-9,13H,4-5,10-12H2,(H,22,24). The van der Waals surface area contributed by atoms with Gasteiger partial charge in [-0.1, -0.05) is 23.7 Å². The van der Waals surface area contributed by atoms with Crippen LogP contribution in [-0.2, 0) is 0 Å². The van der Waals surface area contributed by atoms with Gasteiger partial charge in [-0.15, -0.1) is 0 Å². The smallest absolute Gasteiger partial charge is 0.321 e. The Balaban J connectivity index is 1.55. The van der Waals surface area contributed by atoms with Crippen LogP contribution in [0.1, 0.15) is 12.8 Å². The number of urea groups is 1. The van der Waals surface area contributed by atoms with Gasteiger partial charge in [0.1, 0.15) is 10.8 Å². The van der Waals surface area contributed by atoms with Gasteiger partial charge in [-0.3, -0.25) is 0 Å². The van der Waals surface area contributed by atoms with Gasteiger partial charge in [0.25, 0.3) is 0 Å². The number of nitrogens with zero attached hydrogens (tertiary/aromatic N) is 2. The molecule has 5 nitrogen and oxygen atoms in total. The molecule has 1 saturated heterocycles. The van der Waals surface area contributed by atoms with E-state index in [0.717, 1.165) is 12.8 Å². The quantitative estimate of drug-likeness (QED) is 0.885. The van der Waals surface area contributed by atoms with E-state index in [1.54, 1.807) is 41.4 Å². The summed E-state index contributed by atoms with van der Waals surface area (Å²) < 4.78 is 19.3. The Morgan fingerprint density at radius 2 is 2.20 bits per heavy atom. The summed E-state index contributed by atoms with van der Waals surface area (Å²) in [5.74, 6) is 0.132. The van der Waals surface area contributed by atoms with Gasteiger partial charge < -0.3 is 15.0 Å². The van der Waals surface area contributed by atoms with E-state index in [9.17, 15) is 9.18 Å². The molecule has 25 heavy (non-hydrogen) atoms. The number of halogens is 2. The van der Waals surface area contributed by atoms with Crippen LogP contribution in [0.2, 0.25) is 5.02 Å². The van der Waals surface area contributed by atoms with Crippen molar-refractivity contribution < 1.29 is 13.9 Å². The first kappa shape index (κ1) is 17.5. The van der Waals surface area contributed by atoms with Gasteiger partial charge in [-0.25, -0.2) is 14.2 Å². The Morgan fingerprint density at radius 1 is 1.36 bits per heavy atom. The van der Waals surface area contributed by atoms with Gasteiger partial charge in [0.05, 0.1) is 12.3 Å². The fourth-order valence-electron chi connectivity index (χ4n) is 2.82. The summed E-state index contributed by atoms with van der Waals surface area (Å²) in [5, 5.41) is 3.09. The molecule has 1 aliphatic rings. The van der Waals surface area contributed by atoms with Crippen molar-refractivity contribution in [3.8, 4) is 5.88 Å². The van der Waals surface area contributed by atoms with Crippen LogP contribution < -0.4 is 10.1 Å². The number of carbonyl (C=O) groups excluding carboxylic acids is 1. The summed E-state index contributed by atoms with van der Waals surface area (Å²) in [6.07, 6.45) is 3.44. The Kier molecular flexibility index (Phi) is 5.71. The Bertz CT molecular complexity index is 744. The molecule has 0 bridgehead atoms. The molecule has 1 aromatic carbocycles. The number of anilines is 1. The molecule has 0 radical (unpaired) electrons. The number of piperidine rings is 1. The third kappa shape index (κ3) is 4.60. The second kappa shape index (κ2) is 8.16. The normalized spacial score (nSPS) is 17.2. The van der Waals surface area contributed by atoms with Crippen molar-refractivity contribution in [3.05, 3.63) is 53.4 Å². The van der Waals surface area contributed by atoms with Crippen molar-refractivity contribution >= 4 is 23.3 Å². The zero-order chi connectivity index (χ0) is 17.6. The van der Waals surface area contributed by atoms with Gasteiger partial charge in [0.15, 0.2) is 0 Å². The summed E-state index contributed by atoms with van der Waals surface area (Å²) in [4.78, 5) is 18.1. The van der Waals surface area contributed by atoms with Crippen LogP contribution in [0.3, 0.4) is 0 Å². The number of benzene rings is 1. The summed E-state index contributed by atoms with van der Waals surface area (Å²) in [6.45, 7) is 1.62. The second-order valence-corrected chi connectivity index (χ2v) is 6.37. The van der Waals surface area contributed by atoms with Crippen molar-refractivity contribution in [2.24, 2.45) is 5.92 Å². The lowest BCUT2D eigenvalue weighted by molar-refractivity contribution is 0.143. The molecule has 1 aromatic heterocycles. The second-order valence-electron chi connectivity index (χ2n) is 5.97. The van der Waals surface area contributed by atoms with Crippen molar-refractivity contribution in [1.29, 1.82) is 0 Å². The van der Waals surface area contributed by atoms with E-state index in [1.165, 1.54) is 6.07 Å². The summed E-state index contributed by atoms with van der Waals surface area (Å²) in [6, 6.07) is 9.29. The topological polar surface area (TPSA) is 54.5 Å². The molecule has 2 amide bonds. The zero-order valence-electron chi connectivity index (χ0n) is 13.6. The summed E-state index contributed by atoms with van der Waals surface area (Å²) in [7, 11) is 0. The average molecular weight is 364 g/mol. The molecule has 1 atom stereocenters. The molecule has 0 saturated carbocycles. The lowest BCUT2D eigenvalue weighted by atomic mass is 9.99. The number of para-hydroxylation sites is 1. The number of hydrogen-bond donors (Lipinski definition) is 1. The van der Waals surface area contributed by atoms with Gasteiger partial charge in [0.2, 0.25) is 5.88 Å². The van der Waals surface area contributed by atoms with Gasteiger partial charge in [-0.2, -0.15) is 0 Å². The third-order valence-corrected chi connectivity index (χ3v) is 4.39. The molecule has 1 unspecified atom stereocenters. The van der Waals surface area contributed by atoms with E-state index in [2.05, 4.69) is 10.3 Å². The zero-order valence-corrected chi connectivity index (χ0v) is 14.4. The maximum Gasteiger partial charge on any atom is 0.321 e. The van der Waals surface area contributed by atoms with Crippen molar-refractivity contribution in [1.82, 2.24) is 9.88 Å². The molecule has 2 aromatic rings. The molecule has 1 aliphatic heterocycles. The van der Waals surface area contributed by atoms with Crippen LogP contribution in [0.5, 0.6) is 5.88 Å². The van der Waals surface area contributed by atoms with E-state index >= 15 is 0 Å². The fraction of sp³-hybridized carbons (Fsp3) is 0.333. The lowest BCUT2D eigenvalue weighted by Gasteiger charge is -2.32. The monoisotopic (exact) mass is 363 g/mol. The summed E-state index contributed by atoms with van der Waals surface area (Å²) >= 11 is 6.03. The number of likely N-dealkylation sites (tertiary alicyclic amines) is 1. The number of amides is 2. The van der Waals surface area contributed by atoms with Crippen LogP contribution in [0.4, 0.5) is 14.9 Å². The van der Waals surface area contributed by atoms with Gasteiger partial charge >= 0.3 is 6.03 Å². The van der Waals surface area contributed by atoms with E-state index in [1.807, 2.05) is 0 Å². The average Bonchev–Trinajstić information content (AvgIpc) is 2.63. The molecule has 1 fully saturated rings. The van der Waals surface area contributed by atoms with Gasteiger partial charge in [0, 0.05) is 25.2 Å². The van der Waals surface area contributed by atoms with Crippen LogP contribution >= 0.6 is 11.6 Å². The minimum Gasteiger partial charge on any atom is -0.476 e. The molecule has 7 heteroatoms. The van der Waals surface area contributed by atoms with E-state index < -0.39 is 5.82 Å². The summed E-state index contributed by atoms with van der Waals surface area (Å²) in [5.41, 5.74) is 0.186. The maximum atomic E-state index is 13.7. The van der Waals surface area contributed by atoms with Crippen LogP contribution in [0.15, 0.2) is 42.6 Å². The predicted molar refractivity (Wildman–Crippen MR) is 94.5 cm³/mol. The minimum absolute atomic E-state index is 0.179. The third-order valence-electron chi connectivity index (χ3n) is 4.10. The highest BCUT2D eigenvalue weighted by atomic mass is 35.5. The van der Waals surface area contributed by atoms with Gasteiger partial charge in [-0.05, 0) is 37.1 Å². The lowest BCUT2D eigenvalue weighted by Crippen LogP contribution is -2.43. The predicted octanol–water partition coefficient (Wildman–Crippen LogP) is 4.20. The molecule has 0 spiro atoms. The molecule has 3 rings (SSSR count). The minimum atomic E-state index is -0.447. The Labute approximate surface area is 150 Å². The Hall–Kier alpha value is -2.34. The number of pyridine rings is 1. The van der Waals surface area contributed by atoms with Crippen molar-refractivity contribution in [2.45, 2.75) is 12.8 Å². The first-order chi connectivity index (χ1) is 12.1. The maximum absolute atomic E-state index is 13.7. The molecule has 2 heterocycles. The van der Waals surface area contributed by atoms with Crippen molar-refractivity contribution in [3.63, 3.8) is 0 Å². The number of rotatable bonds is 4. The Morgan fingerprint density at radius 3 is 3.00 bits per heavy atom. The fourth-order valence-corrected chi connectivity index (χ4v) is 2.99. The molecule has 0 aliphatic carbocycles. The first-order valence-electron chi connectivity index (χ1n) is 8.17. The number of hydrogen-bond acceptors (Lipinski definition) is 3. The van der Waals surface area contributed by atoms with E-state index in [-0.39, 0.29) is 17.6 Å². The van der Waals surface area contributed by atoms with Crippen LogP contribution in [-0.4, -0.2) is 35.6 Å². The molecular weight excluding hydrogens is 345 g/mol. The SMILES string of the molecule is O=C(Nc1ccccc1F)N1CCCC(COc2ncccc2Cl)C1. The van der Waals surface area contributed by atoms with Crippen molar-refractivity contribution in [2.75, 3.05) is 25.0 Å². The van der Waals surface area contributed by atoms with Crippen LogP contribution in [0.25, 0.3) is 0 Å². The highest BCUT2D eigenvalue weighted by Crippen LogP contribution is 2.23. The number of ether oxygens (including phenoxy) is 1. The largest absolute Gasteiger partial charge is 0.476 e. The van der Waals surface area contributed by atoms with E-state index in [4.69, 9.17) is 16.3 Å².